The summed E-state index contributed by atoms with van der Waals surface area (Å²) in [4.78, 5) is 26.4. The van der Waals surface area contributed by atoms with Gasteiger partial charge in [-0.2, -0.15) is 4.98 Å². The van der Waals surface area contributed by atoms with Crippen molar-refractivity contribution in [1.29, 1.82) is 5.41 Å². The molecule has 1 aliphatic heterocycles. The van der Waals surface area contributed by atoms with E-state index in [2.05, 4.69) is 25.6 Å². The van der Waals surface area contributed by atoms with Crippen molar-refractivity contribution in [1.82, 2.24) is 24.4 Å². The van der Waals surface area contributed by atoms with E-state index in [9.17, 15) is 4.79 Å². The highest BCUT2D eigenvalue weighted by Gasteiger charge is 2.28. The third kappa shape index (κ3) is 3.97. The molecule has 4 heterocycles. The molecule has 0 atom stereocenters. The highest BCUT2D eigenvalue weighted by Crippen LogP contribution is 2.42. The van der Waals surface area contributed by atoms with Crippen molar-refractivity contribution in [3.05, 3.63) is 63.3 Å². The Balaban J connectivity index is 1.36. The zero-order chi connectivity index (χ0) is 24.8. The van der Waals surface area contributed by atoms with Gasteiger partial charge in [0.2, 0.25) is 5.95 Å². The Hall–Kier alpha value is -3.92. The van der Waals surface area contributed by atoms with Crippen molar-refractivity contribution in [2.45, 2.75) is 44.1 Å². The van der Waals surface area contributed by atoms with Crippen LogP contribution in [0.2, 0.25) is 5.02 Å². The molecule has 0 aromatic carbocycles. The summed E-state index contributed by atoms with van der Waals surface area (Å²) >= 11 is 6.72. The lowest BCUT2D eigenvalue weighted by molar-refractivity contribution is 0.306. The van der Waals surface area contributed by atoms with E-state index in [-0.39, 0.29) is 23.1 Å². The van der Waals surface area contributed by atoms with Gasteiger partial charge in [-0.1, -0.05) is 11.6 Å². The Kier molecular flexibility index (Phi) is 5.60. The summed E-state index contributed by atoms with van der Waals surface area (Å²) in [6, 6.07) is 2.22. The molecule has 3 N–H and O–H groups in total. The molecule has 0 spiro atoms. The lowest BCUT2D eigenvalue weighted by Crippen LogP contribution is -2.30. The number of pyridine rings is 2. The molecule has 3 aromatic heterocycles. The number of anilines is 2. The van der Waals surface area contributed by atoms with Crippen LogP contribution in [0.1, 0.15) is 49.6 Å². The molecule has 0 amide bonds. The highest BCUT2D eigenvalue weighted by molar-refractivity contribution is 6.36. The van der Waals surface area contributed by atoms with Crippen LogP contribution in [0.5, 0.6) is 5.75 Å². The molecule has 36 heavy (non-hydrogen) atoms. The Bertz CT molecular complexity index is 1530. The van der Waals surface area contributed by atoms with Gasteiger partial charge in [-0.25, -0.2) is 4.98 Å². The number of nitrogens with zero attached hydrogens (tertiary/aromatic N) is 5. The van der Waals surface area contributed by atoms with Crippen LogP contribution in [0.3, 0.4) is 0 Å². The van der Waals surface area contributed by atoms with Gasteiger partial charge in [0.25, 0.3) is 5.56 Å². The van der Waals surface area contributed by atoms with Crippen molar-refractivity contribution in [2.75, 3.05) is 5.32 Å². The fourth-order valence-electron chi connectivity index (χ4n) is 4.45. The molecule has 0 unspecified atom stereocenters. The van der Waals surface area contributed by atoms with Gasteiger partial charge < -0.3 is 29.9 Å². The Morgan fingerprint density at radius 2 is 2.17 bits per heavy atom. The Morgan fingerprint density at radius 3 is 2.83 bits per heavy atom. The summed E-state index contributed by atoms with van der Waals surface area (Å²) in [6.07, 6.45) is 14.9. The largest absolute Gasteiger partial charge is 0.450 e. The number of allylic oxidation sites excluding steroid dienone is 2. The summed E-state index contributed by atoms with van der Waals surface area (Å²) in [6.45, 7) is 0. The minimum atomic E-state index is -0.0443. The van der Waals surface area contributed by atoms with Crippen molar-refractivity contribution in [2.24, 2.45) is 12.0 Å². The minimum absolute atomic E-state index is 0.0443. The van der Waals surface area contributed by atoms with Gasteiger partial charge in [-0.05, 0) is 49.7 Å². The van der Waals surface area contributed by atoms with E-state index in [0.717, 1.165) is 38.3 Å². The van der Waals surface area contributed by atoms with Crippen LogP contribution in [0.4, 0.5) is 11.6 Å². The zero-order valence-electron chi connectivity index (χ0n) is 19.7. The summed E-state index contributed by atoms with van der Waals surface area (Å²) in [5, 5.41) is 14.3. The average Bonchev–Trinajstić information content (AvgIpc) is 3.65. The van der Waals surface area contributed by atoms with Crippen LogP contribution >= 0.6 is 11.6 Å². The smallest absolute Gasteiger partial charge is 0.274 e. The normalized spacial score (nSPS) is 18.6. The summed E-state index contributed by atoms with van der Waals surface area (Å²) in [5.74, 6) is 1.49. The molecule has 2 aliphatic carbocycles. The van der Waals surface area contributed by atoms with Crippen molar-refractivity contribution < 1.29 is 4.74 Å². The molecule has 0 bridgehead atoms. The van der Waals surface area contributed by atoms with E-state index in [1.54, 1.807) is 30.2 Å². The molecule has 0 radical (unpaired) electrons. The maximum atomic E-state index is 13.3. The topological polar surface area (TPSA) is 122 Å². The minimum Gasteiger partial charge on any atom is -0.450 e. The van der Waals surface area contributed by atoms with Crippen LogP contribution in [-0.2, 0) is 7.05 Å². The Labute approximate surface area is 211 Å². The first kappa shape index (κ1) is 22.5. The van der Waals surface area contributed by atoms with Crippen molar-refractivity contribution in [3.63, 3.8) is 0 Å². The van der Waals surface area contributed by atoms with Gasteiger partial charge in [-0.15, -0.1) is 0 Å². The molecule has 2 saturated carbocycles. The summed E-state index contributed by atoms with van der Waals surface area (Å²) in [7, 11) is 1.81. The van der Waals surface area contributed by atoms with Crippen LogP contribution in [0.25, 0.3) is 11.2 Å². The van der Waals surface area contributed by atoms with E-state index in [4.69, 9.17) is 21.7 Å². The first-order valence-corrected chi connectivity index (χ1v) is 12.3. The number of nitrogens with one attached hydrogen (secondary N) is 3. The molecular formula is C25H25ClN8O2. The molecule has 3 aliphatic rings. The van der Waals surface area contributed by atoms with Gasteiger partial charge in [0.05, 0.1) is 18.6 Å². The van der Waals surface area contributed by atoms with Gasteiger partial charge in [0.15, 0.2) is 17.2 Å². The standard InChI is InChI=1S/C25H25ClN8O2/c1-33-22-21(26)20(36-19(10-27)18-11-28-7-8-29-18)12-30-23(22)32-25(33)31-17-9-15(14-5-6-14)13-34(24(17)35)16-3-2-4-16/h7-14,16,27,29H,2-6H2,1H3,(H,30,31,32)/b19-18+,27-10?. The van der Waals surface area contributed by atoms with Gasteiger partial charge in [-0.3, -0.25) is 9.79 Å². The van der Waals surface area contributed by atoms with E-state index < -0.39 is 0 Å². The third-order valence-corrected chi connectivity index (χ3v) is 7.22. The summed E-state index contributed by atoms with van der Waals surface area (Å²) < 4.78 is 9.54. The quantitative estimate of drug-likeness (QED) is 0.321. The molecule has 2 fully saturated rings. The molecule has 10 nitrogen and oxygen atoms in total. The number of imidazole rings is 1. The first-order chi connectivity index (χ1) is 17.5. The van der Waals surface area contributed by atoms with Gasteiger partial charge >= 0.3 is 0 Å². The van der Waals surface area contributed by atoms with E-state index in [1.807, 2.05) is 16.8 Å². The third-order valence-electron chi connectivity index (χ3n) is 6.85. The fourth-order valence-corrected chi connectivity index (χ4v) is 4.74. The number of ether oxygens (including phenoxy) is 1. The number of halogens is 1. The van der Waals surface area contributed by atoms with Gasteiger partial charge in [0, 0.05) is 31.7 Å². The van der Waals surface area contributed by atoms with E-state index >= 15 is 0 Å². The molecule has 3 aromatic rings. The second-order valence-corrected chi connectivity index (χ2v) is 9.63. The lowest BCUT2D eigenvalue weighted by Gasteiger charge is -2.28. The van der Waals surface area contributed by atoms with Crippen LogP contribution in [-0.4, -0.2) is 31.5 Å². The number of aryl methyl sites for hydroxylation is 1. The van der Waals surface area contributed by atoms with Crippen LogP contribution in [0, 0.1) is 5.41 Å². The predicted molar refractivity (Wildman–Crippen MR) is 140 cm³/mol. The van der Waals surface area contributed by atoms with Crippen molar-refractivity contribution >= 4 is 46.8 Å². The number of hydrogen-bond acceptors (Lipinski definition) is 8. The summed E-state index contributed by atoms with van der Waals surface area (Å²) in [5.41, 5.74) is 3.14. The van der Waals surface area contributed by atoms with Crippen molar-refractivity contribution in [3.8, 4) is 5.75 Å². The first-order valence-electron chi connectivity index (χ1n) is 11.9. The second kappa shape index (κ2) is 8.94. The monoisotopic (exact) mass is 504 g/mol. The van der Waals surface area contributed by atoms with E-state index in [1.165, 1.54) is 11.8 Å². The maximum absolute atomic E-state index is 13.3. The number of aromatic nitrogens is 4. The second-order valence-electron chi connectivity index (χ2n) is 9.25. The molecule has 184 valence electrons. The lowest BCUT2D eigenvalue weighted by atomic mass is 9.92. The zero-order valence-corrected chi connectivity index (χ0v) is 20.4. The number of rotatable bonds is 7. The predicted octanol–water partition coefficient (Wildman–Crippen LogP) is 4.51. The highest BCUT2D eigenvalue weighted by atomic mass is 35.5. The number of hydrogen-bond donors (Lipinski definition) is 3. The molecule has 11 heteroatoms. The molecular weight excluding hydrogens is 480 g/mol. The number of aliphatic imine (C=N–C) groups is 1. The molecule has 0 saturated heterocycles. The SMILES string of the molecule is Cn1c(Nc2cc(C3CC3)cn(C3CCC3)c2=O)nc2ncc(O/C(C=N)=C3\C=NC=CN3)c(Cl)c21. The maximum Gasteiger partial charge on any atom is 0.274 e. The van der Waals surface area contributed by atoms with Gasteiger partial charge in [0.1, 0.15) is 21.9 Å². The number of fused-ring (bicyclic) bond motifs is 1. The Morgan fingerprint density at radius 1 is 1.33 bits per heavy atom. The average molecular weight is 505 g/mol. The fraction of sp³-hybridized carbons (Fsp3) is 0.320. The molecule has 6 rings (SSSR count). The van der Waals surface area contributed by atoms with Crippen LogP contribution < -0.4 is 20.9 Å². The van der Waals surface area contributed by atoms with E-state index in [0.29, 0.717) is 39.4 Å². The van der Waals surface area contributed by atoms with Crippen LogP contribution in [0.15, 0.2) is 52.1 Å².